The first-order valence-corrected chi connectivity index (χ1v) is 8.54. The van der Waals surface area contributed by atoms with Crippen LogP contribution in [0.1, 0.15) is 44.2 Å². The maximum absolute atomic E-state index is 11.8. The number of ether oxygens (including phenoxy) is 1. The lowest BCUT2D eigenvalue weighted by atomic mass is 9.74. The number of benzene rings is 1. The molecule has 0 aliphatic heterocycles. The fraction of sp³-hybridized carbons (Fsp3) is 0.476. The fourth-order valence-electron chi connectivity index (χ4n) is 4.75. The Morgan fingerprint density at radius 3 is 2.38 bits per heavy atom. The molecule has 0 bridgehead atoms. The minimum atomic E-state index is -0.417. The second-order valence-electron chi connectivity index (χ2n) is 8.09. The van der Waals surface area contributed by atoms with E-state index >= 15 is 0 Å². The summed E-state index contributed by atoms with van der Waals surface area (Å²) in [5, 5.41) is 0. The van der Waals surface area contributed by atoms with E-state index in [1.54, 1.807) is 7.11 Å². The summed E-state index contributed by atoms with van der Waals surface area (Å²) in [6.07, 6.45) is 4.93. The van der Waals surface area contributed by atoms with Crippen LogP contribution in [0.4, 0.5) is 0 Å². The summed E-state index contributed by atoms with van der Waals surface area (Å²) in [5.74, 6) is 1.15. The number of carbonyl (C=O) groups is 1. The Kier molecular flexibility index (Phi) is 3.86. The molecule has 1 aromatic rings. The Bertz CT molecular complexity index is 727. The fourth-order valence-corrected chi connectivity index (χ4v) is 4.75. The van der Waals surface area contributed by atoms with Gasteiger partial charge in [-0.15, -0.1) is 0 Å². The zero-order valence-electron chi connectivity index (χ0n) is 15.2. The Balaban J connectivity index is 1.95. The lowest BCUT2D eigenvalue weighted by Crippen LogP contribution is -2.27. The van der Waals surface area contributed by atoms with E-state index in [9.17, 15) is 4.79 Å². The maximum Gasteiger partial charge on any atom is 0.252 e. The van der Waals surface area contributed by atoms with Crippen molar-refractivity contribution < 1.29 is 9.53 Å². The summed E-state index contributed by atoms with van der Waals surface area (Å²) in [7, 11) is 1.58. The predicted octanol–water partition coefficient (Wildman–Crippen LogP) is 4.09. The van der Waals surface area contributed by atoms with Gasteiger partial charge in [-0.05, 0) is 47.6 Å². The number of nitrogens with two attached hydrogens (primary N) is 1. The van der Waals surface area contributed by atoms with E-state index in [0.29, 0.717) is 23.2 Å². The molecular weight excluding hydrogens is 298 g/mol. The van der Waals surface area contributed by atoms with Gasteiger partial charge >= 0.3 is 0 Å². The molecule has 1 amide bonds. The average Bonchev–Trinajstić information content (AvgIpc) is 3.11. The zero-order chi connectivity index (χ0) is 17.7. The van der Waals surface area contributed by atoms with Crippen LogP contribution in [0, 0.1) is 23.7 Å². The number of allylic oxidation sites excluding steroid dienone is 2. The van der Waals surface area contributed by atoms with Crippen molar-refractivity contribution in [3.8, 4) is 0 Å². The van der Waals surface area contributed by atoms with Crippen LogP contribution < -0.4 is 5.73 Å². The molecule has 2 aliphatic rings. The number of hydrogen-bond acceptors (Lipinski definition) is 2. The van der Waals surface area contributed by atoms with Crippen LogP contribution in [-0.2, 0) is 9.53 Å². The molecule has 3 nitrogen and oxygen atoms in total. The van der Waals surface area contributed by atoms with E-state index in [0.717, 1.165) is 6.42 Å². The maximum atomic E-state index is 11.8. The van der Waals surface area contributed by atoms with Crippen LogP contribution in [0.25, 0.3) is 0 Å². The molecule has 3 atom stereocenters. The minimum Gasteiger partial charge on any atom is -0.496 e. The molecule has 1 aromatic carbocycles. The van der Waals surface area contributed by atoms with Crippen molar-refractivity contribution in [3.05, 3.63) is 58.9 Å². The highest BCUT2D eigenvalue weighted by molar-refractivity contribution is 5.96. The van der Waals surface area contributed by atoms with Gasteiger partial charge in [0.05, 0.1) is 12.7 Å². The standard InChI is InChI=1S/C21H27NO2/c1-13-6-8-14(9-7-13)17-18(20(17,2)3)21(4)11-10-16(24-5)15(12-21)19(22)23/h6-10,12,17-18H,11H2,1-5H3,(H2,22,23). The van der Waals surface area contributed by atoms with Crippen molar-refractivity contribution in [1.82, 2.24) is 0 Å². The third-order valence-electron chi connectivity index (χ3n) is 5.93. The molecule has 3 unspecified atom stereocenters. The van der Waals surface area contributed by atoms with Crippen LogP contribution in [0.15, 0.2) is 47.7 Å². The largest absolute Gasteiger partial charge is 0.496 e. The van der Waals surface area contributed by atoms with Gasteiger partial charge in [0.2, 0.25) is 0 Å². The van der Waals surface area contributed by atoms with Crippen LogP contribution in [0.3, 0.4) is 0 Å². The van der Waals surface area contributed by atoms with Crippen molar-refractivity contribution >= 4 is 5.91 Å². The van der Waals surface area contributed by atoms with Gasteiger partial charge in [-0.25, -0.2) is 0 Å². The number of hydrogen-bond donors (Lipinski definition) is 1. The summed E-state index contributed by atoms with van der Waals surface area (Å²) in [4.78, 5) is 11.8. The molecule has 0 aromatic heterocycles. The number of rotatable bonds is 4. The highest BCUT2D eigenvalue weighted by Crippen LogP contribution is 2.72. The molecular formula is C21H27NO2. The molecule has 1 fully saturated rings. The molecule has 24 heavy (non-hydrogen) atoms. The highest BCUT2D eigenvalue weighted by Gasteiger charge is 2.64. The Labute approximate surface area is 144 Å². The van der Waals surface area contributed by atoms with Crippen molar-refractivity contribution in [3.63, 3.8) is 0 Å². The van der Waals surface area contributed by atoms with Gasteiger partial charge in [-0.1, -0.05) is 56.7 Å². The quantitative estimate of drug-likeness (QED) is 0.906. The third kappa shape index (κ3) is 2.56. The number of amides is 1. The normalized spacial score (nSPS) is 31.0. The summed E-state index contributed by atoms with van der Waals surface area (Å²) in [6, 6.07) is 8.83. The molecule has 0 radical (unpaired) electrons. The SMILES string of the molecule is COC1=CCC(C)(C2C(c3ccc(C)cc3)C2(C)C)C=C1C(N)=O. The van der Waals surface area contributed by atoms with E-state index in [4.69, 9.17) is 10.5 Å². The second kappa shape index (κ2) is 5.51. The summed E-state index contributed by atoms with van der Waals surface area (Å²) < 4.78 is 5.33. The Hall–Kier alpha value is -2.03. The molecule has 2 N–H and O–H groups in total. The summed E-state index contributed by atoms with van der Waals surface area (Å²) in [6.45, 7) is 8.99. The van der Waals surface area contributed by atoms with Crippen molar-refractivity contribution in [1.29, 1.82) is 0 Å². The number of primary amides is 1. The van der Waals surface area contributed by atoms with Gasteiger partial charge in [-0.2, -0.15) is 0 Å². The lowest BCUT2D eigenvalue weighted by Gasteiger charge is -2.31. The second-order valence-corrected chi connectivity index (χ2v) is 8.09. The molecule has 0 saturated heterocycles. The van der Waals surface area contributed by atoms with Crippen LogP contribution in [0.5, 0.6) is 0 Å². The van der Waals surface area contributed by atoms with Crippen LogP contribution in [-0.4, -0.2) is 13.0 Å². The number of carbonyl (C=O) groups excluding carboxylic acids is 1. The van der Waals surface area contributed by atoms with Crippen molar-refractivity contribution in [2.24, 2.45) is 22.5 Å². The van der Waals surface area contributed by atoms with E-state index in [1.165, 1.54) is 11.1 Å². The van der Waals surface area contributed by atoms with E-state index in [1.807, 2.05) is 6.08 Å². The van der Waals surface area contributed by atoms with Gasteiger partial charge in [0.25, 0.3) is 5.91 Å². The van der Waals surface area contributed by atoms with E-state index in [-0.39, 0.29) is 10.8 Å². The van der Waals surface area contributed by atoms with Gasteiger partial charge in [0, 0.05) is 0 Å². The first-order chi connectivity index (χ1) is 11.2. The number of aryl methyl sites for hydroxylation is 1. The topological polar surface area (TPSA) is 52.3 Å². The predicted molar refractivity (Wildman–Crippen MR) is 96.3 cm³/mol. The smallest absolute Gasteiger partial charge is 0.252 e. The lowest BCUT2D eigenvalue weighted by molar-refractivity contribution is -0.114. The summed E-state index contributed by atoms with van der Waals surface area (Å²) >= 11 is 0. The average molecular weight is 325 g/mol. The molecule has 2 aliphatic carbocycles. The first-order valence-electron chi connectivity index (χ1n) is 8.54. The first kappa shape index (κ1) is 16.8. The van der Waals surface area contributed by atoms with Gasteiger partial charge in [0.15, 0.2) is 0 Å². The van der Waals surface area contributed by atoms with Gasteiger partial charge < -0.3 is 10.5 Å². The number of methoxy groups -OCH3 is 1. The van der Waals surface area contributed by atoms with Crippen LogP contribution in [0.2, 0.25) is 0 Å². The molecule has 3 heteroatoms. The Morgan fingerprint density at radius 2 is 1.83 bits per heavy atom. The molecule has 3 rings (SSSR count). The minimum absolute atomic E-state index is 0.0918. The van der Waals surface area contributed by atoms with E-state index < -0.39 is 5.91 Å². The molecule has 0 heterocycles. The Morgan fingerprint density at radius 1 is 1.21 bits per heavy atom. The van der Waals surface area contributed by atoms with Gasteiger partial charge in [-0.3, -0.25) is 4.79 Å². The monoisotopic (exact) mass is 325 g/mol. The van der Waals surface area contributed by atoms with Crippen molar-refractivity contribution in [2.45, 2.75) is 40.0 Å². The summed E-state index contributed by atoms with van der Waals surface area (Å²) in [5.41, 5.74) is 8.85. The third-order valence-corrected chi connectivity index (χ3v) is 5.93. The zero-order valence-corrected chi connectivity index (χ0v) is 15.2. The molecule has 128 valence electrons. The van der Waals surface area contributed by atoms with Crippen LogP contribution >= 0.6 is 0 Å². The van der Waals surface area contributed by atoms with Gasteiger partial charge in [0.1, 0.15) is 5.76 Å². The van der Waals surface area contributed by atoms with E-state index in [2.05, 4.69) is 58.0 Å². The molecule has 0 spiro atoms. The molecule has 1 saturated carbocycles. The van der Waals surface area contributed by atoms with Crippen molar-refractivity contribution in [2.75, 3.05) is 7.11 Å². The highest BCUT2D eigenvalue weighted by atomic mass is 16.5.